The molecule has 0 aromatic heterocycles. The van der Waals surface area contributed by atoms with E-state index in [1.54, 1.807) is 19.2 Å². The first-order valence-corrected chi connectivity index (χ1v) is 7.88. The Morgan fingerprint density at radius 1 is 1.08 bits per heavy atom. The quantitative estimate of drug-likeness (QED) is 0.773. The number of carbonyl (C=O) groups is 1. The second-order valence-corrected chi connectivity index (χ2v) is 5.89. The Kier molecular flexibility index (Phi) is 6.13. The Morgan fingerprint density at radius 2 is 1.73 bits per heavy atom. The molecule has 0 saturated heterocycles. The molecule has 0 N–H and O–H groups in total. The highest BCUT2D eigenvalue weighted by atomic mass is 19.4. The molecule has 2 rings (SSSR count). The monoisotopic (exact) mass is 367 g/mol. The van der Waals surface area contributed by atoms with Crippen LogP contribution in [-0.2, 0) is 17.5 Å². The van der Waals surface area contributed by atoms with Gasteiger partial charge in [-0.05, 0) is 42.3 Å². The summed E-state index contributed by atoms with van der Waals surface area (Å²) in [6.45, 7) is 1.90. The van der Waals surface area contributed by atoms with Crippen LogP contribution in [0.3, 0.4) is 0 Å². The molecule has 0 fully saturated rings. The van der Waals surface area contributed by atoms with E-state index in [2.05, 4.69) is 0 Å². The van der Waals surface area contributed by atoms with E-state index < -0.39 is 11.7 Å². The van der Waals surface area contributed by atoms with Crippen molar-refractivity contribution in [3.63, 3.8) is 0 Å². The number of halogens is 3. The third-order valence-corrected chi connectivity index (χ3v) is 3.80. The van der Waals surface area contributed by atoms with Crippen LogP contribution in [0.15, 0.2) is 42.5 Å². The van der Waals surface area contributed by atoms with E-state index in [-0.39, 0.29) is 19.1 Å². The number of alkyl halides is 3. The van der Waals surface area contributed by atoms with Crippen LogP contribution in [0, 0.1) is 6.92 Å². The van der Waals surface area contributed by atoms with E-state index in [0.717, 1.165) is 17.7 Å². The van der Waals surface area contributed by atoms with Crippen LogP contribution in [0.5, 0.6) is 11.5 Å². The SMILES string of the molecule is COc1cc(C)ccc1OCC(=O)N(C)Cc1ccc(C(F)(F)F)cc1. The molecule has 140 valence electrons. The summed E-state index contributed by atoms with van der Waals surface area (Å²) in [6.07, 6.45) is -4.37. The average Bonchev–Trinajstić information content (AvgIpc) is 2.59. The van der Waals surface area contributed by atoms with Crippen LogP contribution in [-0.4, -0.2) is 31.6 Å². The van der Waals surface area contributed by atoms with E-state index in [4.69, 9.17) is 9.47 Å². The maximum atomic E-state index is 12.6. The normalized spacial score (nSPS) is 11.2. The summed E-state index contributed by atoms with van der Waals surface area (Å²) in [5, 5.41) is 0. The van der Waals surface area contributed by atoms with E-state index in [1.807, 2.05) is 13.0 Å². The lowest BCUT2D eigenvalue weighted by molar-refractivity contribution is -0.137. The van der Waals surface area contributed by atoms with Crippen molar-refractivity contribution in [1.29, 1.82) is 0 Å². The van der Waals surface area contributed by atoms with Gasteiger partial charge < -0.3 is 14.4 Å². The number of ether oxygens (including phenoxy) is 2. The lowest BCUT2D eigenvalue weighted by atomic mass is 10.1. The summed E-state index contributed by atoms with van der Waals surface area (Å²) in [5.41, 5.74) is 0.881. The fourth-order valence-electron chi connectivity index (χ4n) is 2.30. The summed E-state index contributed by atoms with van der Waals surface area (Å²) in [7, 11) is 3.08. The van der Waals surface area contributed by atoms with Crippen molar-refractivity contribution in [2.24, 2.45) is 0 Å². The molecule has 0 atom stereocenters. The van der Waals surface area contributed by atoms with Gasteiger partial charge in [-0.2, -0.15) is 13.2 Å². The van der Waals surface area contributed by atoms with E-state index in [9.17, 15) is 18.0 Å². The molecule has 0 spiro atoms. The summed E-state index contributed by atoms with van der Waals surface area (Å²) in [4.78, 5) is 13.6. The Hall–Kier alpha value is -2.70. The van der Waals surface area contributed by atoms with Gasteiger partial charge in [-0.1, -0.05) is 18.2 Å². The van der Waals surface area contributed by atoms with Gasteiger partial charge in [-0.15, -0.1) is 0 Å². The first-order valence-electron chi connectivity index (χ1n) is 7.88. The minimum absolute atomic E-state index is 0.186. The molecule has 0 aliphatic heterocycles. The number of hydrogen-bond acceptors (Lipinski definition) is 3. The van der Waals surface area contributed by atoms with Crippen molar-refractivity contribution in [2.75, 3.05) is 20.8 Å². The van der Waals surface area contributed by atoms with Gasteiger partial charge in [-0.25, -0.2) is 0 Å². The molecular weight excluding hydrogens is 347 g/mol. The molecule has 4 nitrogen and oxygen atoms in total. The highest BCUT2D eigenvalue weighted by Gasteiger charge is 2.30. The number of nitrogens with zero attached hydrogens (tertiary/aromatic N) is 1. The number of aryl methyl sites for hydroxylation is 1. The third-order valence-electron chi connectivity index (χ3n) is 3.80. The highest BCUT2D eigenvalue weighted by Crippen LogP contribution is 2.29. The summed E-state index contributed by atoms with van der Waals surface area (Å²) in [5.74, 6) is 0.685. The number of benzene rings is 2. The van der Waals surface area contributed by atoms with Gasteiger partial charge in [-0.3, -0.25) is 4.79 Å². The summed E-state index contributed by atoms with van der Waals surface area (Å²) < 4.78 is 48.4. The van der Waals surface area contributed by atoms with Gasteiger partial charge in [0.1, 0.15) is 0 Å². The average molecular weight is 367 g/mol. The van der Waals surface area contributed by atoms with Crippen molar-refractivity contribution < 1.29 is 27.4 Å². The smallest absolute Gasteiger partial charge is 0.416 e. The van der Waals surface area contributed by atoms with E-state index in [1.165, 1.54) is 24.1 Å². The van der Waals surface area contributed by atoms with Gasteiger partial charge in [0.05, 0.1) is 12.7 Å². The number of hydrogen-bond donors (Lipinski definition) is 0. The molecule has 0 radical (unpaired) electrons. The minimum Gasteiger partial charge on any atom is -0.493 e. The van der Waals surface area contributed by atoms with Gasteiger partial charge in [0.15, 0.2) is 18.1 Å². The van der Waals surface area contributed by atoms with Gasteiger partial charge in [0.2, 0.25) is 0 Å². The summed E-state index contributed by atoms with van der Waals surface area (Å²) >= 11 is 0. The largest absolute Gasteiger partial charge is 0.493 e. The molecule has 1 amide bonds. The molecule has 26 heavy (non-hydrogen) atoms. The van der Waals surface area contributed by atoms with Crippen LogP contribution in [0.1, 0.15) is 16.7 Å². The number of methoxy groups -OCH3 is 1. The summed E-state index contributed by atoms with van der Waals surface area (Å²) in [6, 6.07) is 10.1. The molecule has 2 aromatic carbocycles. The molecule has 2 aromatic rings. The van der Waals surface area contributed by atoms with Crippen molar-refractivity contribution >= 4 is 5.91 Å². The van der Waals surface area contributed by atoms with Crippen LogP contribution < -0.4 is 9.47 Å². The lowest BCUT2D eigenvalue weighted by Gasteiger charge is -2.18. The number of rotatable bonds is 6. The van der Waals surface area contributed by atoms with Crippen molar-refractivity contribution in [2.45, 2.75) is 19.6 Å². The van der Waals surface area contributed by atoms with Crippen LogP contribution in [0.2, 0.25) is 0 Å². The first-order chi connectivity index (χ1) is 12.2. The van der Waals surface area contributed by atoms with Gasteiger partial charge >= 0.3 is 6.18 Å². The molecule has 0 saturated carbocycles. The zero-order chi connectivity index (χ0) is 19.3. The fourth-order valence-corrected chi connectivity index (χ4v) is 2.30. The predicted octanol–water partition coefficient (Wildman–Crippen LogP) is 4.06. The maximum Gasteiger partial charge on any atom is 0.416 e. The zero-order valence-corrected chi connectivity index (χ0v) is 14.8. The highest BCUT2D eigenvalue weighted by molar-refractivity contribution is 5.77. The number of likely N-dealkylation sites (N-methyl/N-ethyl adjacent to an activating group) is 1. The molecule has 7 heteroatoms. The molecular formula is C19H20F3NO3. The predicted molar refractivity (Wildman–Crippen MR) is 91.1 cm³/mol. The standard InChI is InChI=1S/C19H20F3NO3/c1-13-4-9-16(17(10-13)25-3)26-12-18(24)23(2)11-14-5-7-15(8-6-14)19(20,21)22/h4-10H,11-12H2,1-3H3. The van der Waals surface area contributed by atoms with E-state index in [0.29, 0.717) is 17.1 Å². The van der Waals surface area contributed by atoms with Crippen molar-refractivity contribution in [1.82, 2.24) is 4.90 Å². The lowest BCUT2D eigenvalue weighted by Crippen LogP contribution is -2.31. The first kappa shape index (κ1) is 19.6. The van der Waals surface area contributed by atoms with Crippen LogP contribution in [0.25, 0.3) is 0 Å². The van der Waals surface area contributed by atoms with Crippen molar-refractivity contribution in [3.8, 4) is 11.5 Å². The molecule has 0 aliphatic carbocycles. The van der Waals surface area contributed by atoms with Gasteiger partial charge in [0, 0.05) is 13.6 Å². The zero-order valence-electron chi connectivity index (χ0n) is 14.8. The van der Waals surface area contributed by atoms with Crippen LogP contribution in [0.4, 0.5) is 13.2 Å². The Labute approximate surface area is 150 Å². The molecule has 0 aliphatic rings. The van der Waals surface area contributed by atoms with Crippen LogP contribution >= 0.6 is 0 Å². The minimum atomic E-state index is -4.37. The maximum absolute atomic E-state index is 12.6. The van der Waals surface area contributed by atoms with E-state index >= 15 is 0 Å². The topological polar surface area (TPSA) is 38.8 Å². The Balaban J connectivity index is 1.93. The second kappa shape index (κ2) is 8.12. The Bertz CT molecular complexity index is 758. The molecule has 0 unspecified atom stereocenters. The number of carbonyl (C=O) groups excluding carboxylic acids is 1. The fraction of sp³-hybridized carbons (Fsp3) is 0.316. The molecule has 0 bridgehead atoms. The van der Waals surface area contributed by atoms with Crippen molar-refractivity contribution in [3.05, 3.63) is 59.2 Å². The Morgan fingerprint density at radius 3 is 2.31 bits per heavy atom. The van der Waals surface area contributed by atoms with Gasteiger partial charge in [0.25, 0.3) is 5.91 Å². The third kappa shape index (κ3) is 5.15. The molecule has 0 heterocycles. The number of amides is 1. The second-order valence-electron chi connectivity index (χ2n) is 5.89.